The van der Waals surface area contributed by atoms with Gasteiger partial charge in [-0.05, 0) is 31.1 Å². The number of hydrogen-bond acceptors (Lipinski definition) is 1. The van der Waals surface area contributed by atoms with E-state index in [1.165, 1.54) is 0 Å². The number of alkyl halides is 4. The average molecular weight is 243 g/mol. The van der Waals surface area contributed by atoms with Crippen LogP contribution in [0.1, 0.15) is 25.7 Å². The summed E-state index contributed by atoms with van der Waals surface area (Å²) in [5, 5.41) is 0. The second kappa shape index (κ2) is 3.81. The standard InChI is InChI=1S/C10H14ClF3O/c11-6-15-5-9(10(12,13)14)4-7-1-2-8(9)3-7/h7-8H,1-6H2. The van der Waals surface area contributed by atoms with Gasteiger partial charge < -0.3 is 4.74 Å². The van der Waals surface area contributed by atoms with Crippen molar-refractivity contribution in [2.75, 3.05) is 12.7 Å². The van der Waals surface area contributed by atoms with Gasteiger partial charge in [-0.1, -0.05) is 18.0 Å². The zero-order chi connectivity index (χ0) is 11.1. The minimum absolute atomic E-state index is 0.158. The maximum atomic E-state index is 13.1. The Bertz CT molecular complexity index is 243. The van der Waals surface area contributed by atoms with Crippen molar-refractivity contribution in [2.45, 2.75) is 31.9 Å². The van der Waals surface area contributed by atoms with Crippen molar-refractivity contribution >= 4 is 11.6 Å². The van der Waals surface area contributed by atoms with E-state index in [0.717, 1.165) is 6.42 Å². The van der Waals surface area contributed by atoms with Crippen LogP contribution < -0.4 is 0 Å². The smallest absolute Gasteiger partial charge is 0.365 e. The van der Waals surface area contributed by atoms with Gasteiger partial charge in [-0.2, -0.15) is 13.2 Å². The summed E-state index contributed by atoms with van der Waals surface area (Å²) < 4.78 is 44.1. The van der Waals surface area contributed by atoms with E-state index in [-0.39, 0.29) is 30.9 Å². The summed E-state index contributed by atoms with van der Waals surface area (Å²) >= 11 is 5.30. The fraction of sp³-hybridized carbons (Fsp3) is 1.00. The minimum Gasteiger partial charge on any atom is -0.365 e. The first-order valence-corrected chi connectivity index (χ1v) is 5.73. The van der Waals surface area contributed by atoms with Crippen LogP contribution in [-0.4, -0.2) is 18.8 Å². The van der Waals surface area contributed by atoms with Crippen molar-refractivity contribution in [3.8, 4) is 0 Å². The van der Waals surface area contributed by atoms with Crippen LogP contribution in [-0.2, 0) is 4.74 Å². The summed E-state index contributed by atoms with van der Waals surface area (Å²) in [4.78, 5) is 0. The molecule has 5 heteroatoms. The first-order valence-electron chi connectivity index (χ1n) is 5.20. The Hall–Kier alpha value is 0.0400. The number of ether oxygens (including phenoxy) is 1. The van der Waals surface area contributed by atoms with Gasteiger partial charge in [0.1, 0.15) is 6.07 Å². The van der Waals surface area contributed by atoms with Crippen LogP contribution in [0.5, 0.6) is 0 Å². The minimum atomic E-state index is -4.15. The van der Waals surface area contributed by atoms with E-state index in [1.807, 2.05) is 0 Å². The first kappa shape index (κ1) is 11.5. The normalized spacial score (nSPS) is 40.0. The highest BCUT2D eigenvalue weighted by Gasteiger charge is 2.65. The highest BCUT2D eigenvalue weighted by atomic mass is 35.5. The Kier molecular flexibility index (Phi) is 2.93. The van der Waals surface area contributed by atoms with Crippen molar-refractivity contribution in [1.82, 2.24) is 0 Å². The van der Waals surface area contributed by atoms with E-state index in [0.29, 0.717) is 12.8 Å². The SMILES string of the molecule is FC(F)(F)C1(COCCl)CC2CCC1C2. The van der Waals surface area contributed by atoms with E-state index in [4.69, 9.17) is 16.3 Å². The number of fused-ring (bicyclic) bond motifs is 2. The molecule has 2 fully saturated rings. The second-order valence-electron chi connectivity index (χ2n) is 4.69. The summed E-state index contributed by atoms with van der Waals surface area (Å²) in [6, 6.07) is -0.158. The Morgan fingerprint density at radius 1 is 1.33 bits per heavy atom. The Labute approximate surface area is 91.9 Å². The zero-order valence-electron chi connectivity index (χ0n) is 8.32. The molecular formula is C10H14ClF3O. The van der Waals surface area contributed by atoms with Gasteiger partial charge in [0, 0.05) is 0 Å². The molecule has 0 aromatic heterocycles. The molecule has 0 aliphatic heterocycles. The Morgan fingerprint density at radius 3 is 2.47 bits per heavy atom. The molecule has 3 atom stereocenters. The molecule has 0 N–H and O–H groups in total. The fourth-order valence-corrected chi connectivity index (χ4v) is 3.35. The van der Waals surface area contributed by atoms with Crippen LogP contribution in [0.2, 0.25) is 0 Å². The van der Waals surface area contributed by atoms with Gasteiger partial charge in [-0.25, -0.2) is 0 Å². The molecule has 3 unspecified atom stereocenters. The van der Waals surface area contributed by atoms with Crippen molar-refractivity contribution in [2.24, 2.45) is 17.3 Å². The van der Waals surface area contributed by atoms with Gasteiger partial charge in [-0.3, -0.25) is 0 Å². The van der Waals surface area contributed by atoms with Crippen molar-refractivity contribution in [3.05, 3.63) is 0 Å². The predicted octanol–water partition coefficient (Wildman–Crippen LogP) is 3.57. The van der Waals surface area contributed by atoms with Gasteiger partial charge in [0.2, 0.25) is 0 Å². The van der Waals surface area contributed by atoms with E-state index in [9.17, 15) is 13.2 Å². The summed E-state index contributed by atoms with van der Waals surface area (Å²) in [5.74, 6) is 0.00117. The molecule has 0 spiro atoms. The lowest BCUT2D eigenvalue weighted by atomic mass is 9.73. The fourth-order valence-electron chi connectivity index (χ4n) is 3.27. The van der Waals surface area contributed by atoms with Gasteiger partial charge in [0.25, 0.3) is 0 Å². The maximum absolute atomic E-state index is 13.1. The molecule has 0 aromatic carbocycles. The van der Waals surface area contributed by atoms with Crippen molar-refractivity contribution in [3.63, 3.8) is 0 Å². The third-order valence-corrected chi connectivity index (χ3v) is 4.13. The van der Waals surface area contributed by atoms with E-state index in [1.54, 1.807) is 0 Å². The molecule has 2 aliphatic carbocycles. The molecule has 2 aliphatic rings. The van der Waals surface area contributed by atoms with Crippen molar-refractivity contribution in [1.29, 1.82) is 0 Å². The highest BCUT2D eigenvalue weighted by Crippen LogP contribution is 2.62. The largest absolute Gasteiger partial charge is 0.396 e. The lowest BCUT2D eigenvalue weighted by molar-refractivity contribution is -0.256. The van der Waals surface area contributed by atoms with Crippen LogP contribution in [0.25, 0.3) is 0 Å². The molecule has 0 saturated heterocycles. The second-order valence-corrected chi connectivity index (χ2v) is 4.91. The third-order valence-electron chi connectivity index (χ3n) is 3.98. The highest BCUT2D eigenvalue weighted by molar-refractivity contribution is 6.17. The van der Waals surface area contributed by atoms with E-state index >= 15 is 0 Å². The number of halogens is 4. The molecule has 2 bridgehead atoms. The average Bonchev–Trinajstić information content (AvgIpc) is 2.72. The third kappa shape index (κ3) is 1.76. The Morgan fingerprint density at radius 2 is 2.07 bits per heavy atom. The summed E-state index contributed by atoms with van der Waals surface area (Å²) in [5.41, 5.74) is -1.61. The molecule has 88 valence electrons. The van der Waals surface area contributed by atoms with Gasteiger partial charge in [0.05, 0.1) is 12.0 Å². The van der Waals surface area contributed by atoms with Crippen molar-refractivity contribution < 1.29 is 17.9 Å². The van der Waals surface area contributed by atoms with Crippen LogP contribution >= 0.6 is 11.6 Å². The molecule has 2 saturated carbocycles. The van der Waals surface area contributed by atoms with Crippen LogP contribution in [0.3, 0.4) is 0 Å². The van der Waals surface area contributed by atoms with Crippen LogP contribution in [0.4, 0.5) is 13.2 Å². The molecule has 0 heterocycles. The molecule has 0 radical (unpaired) electrons. The number of rotatable bonds is 3. The number of hydrogen-bond donors (Lipinski definition) is 0. The molecule has 0 amide bonds. The summed E-state index contributed by atoms with van der Waals surface area (Å²) in [6.07, 6.45) is -1.57. The molecule has 0 aromatic rings. The monoisotopic (exact) mass is 242 g/mol. The van der Waals surface area contributed by atoms with E-state index < -0.39 is 11.6 Å². The van der Waals surface area contributed by atoms with Crippen LogP contribution in [0.15, 0.2) is 0 Å². The first-order chi connectivity index (χ1) is 6.99. The maximum Gasteiger partial charge on any atom is 0.396 e. The van der Waals surface area contributed by atoms with Gasteiger partial charge >= 0.3 is 6.18 Å². The topological polar surface area (TPSA) is 9.23 Å². The molecule has 1 nitrogen and oxygen atoms in total. The lowest BCUT2D eigenvalue weighted by Crippen LogP contribution is -2.46. The molecular weight excluding hydrogens is 229 g/mol. The van der Waals surface area contributed by atoms with E-state index in [2.05, 4.69) is 0 Å². The molecule has 15 heavy (non-hydrogen) atoms. The summed E-state index contributed by atoms with van der Waals surface area (Å²) in [6.45, 7) is -0.263. The van der Waals surface area contributed by atoms with Crippen LogP contribution in [0, 0.1) is 17.3 Å². The zero-order valence-corrected chi connectivity index (χ0v) is 9.07. The van der Waals surface area contributed by atoms with Gasteiger partial charge in [0.15, 0.2) is 0 Å². The van der Waals surface area contributed by atoms with Gasteiger partial charge in [-0.15, -0.1) is 0 Å². The summed E-state index contributed by atoms with van der Waals surface area (Å²) in [7, 11) is 0. The molecule has 2 rings (SSSR count). The predicted molar refractivity (Wildman–Crippen MR) is 50.6 cm³/mol. The quantitative estimate of drug-likeness (QED) is 0.688. The Balaban J connectivity index is 2.17. The lowest BCUT2D eigenvalue weighted by Gasteiger charge is -2.38.